The molecule has 0 saturated heterocycles. The lowest BCUT2D eigenvalue weighted by molar-refractivity contribution is -0.120. The minimum atomic E-state index is -0.519. The van der Waals surface area contributed by atoms with Crippen LogP contribution in [0.15, 0.2) is 66.6 Å². The molecule has 4 rings (SSSR count). The van der Waals surface area contributed by atoms with Crippen molar-refractivity contribution < 1.29 is 4.79 Å². The molecule has 1 atom stereocenters. The third-order valence-electron chi connectivity index (χ3n) is 4.29. The lowest BCUT2D eigenvalue weighted by Crippen LogP contribution is -2.24. The van der Waals surface area contributed by atoms with Gasteiger partial charge in [0.25, 0.3) is 0 Å². The van der Waals surface area contributed by atoms with Crippen LogP contribution < -0.4 is 5.73 Å². The summed E-state index contributed by atoms with van der Waals surface area (Å²) in [5.41, 5.74) is 9.09. The van der Waals surface area contributed by atoms with Crippen molar-refractivity contribution in [3.05, 3.63) is 66.6 Å². The summed E-state index contributed by atoms with van der Waals surface area (Å²) in [7, 11) is 0. The molecule has 6 nitrogen and oxygen atoms in total. The van der Waals surface area contributed by atoms with E-state index < -0.39 is 11.9 Å². The monoisotopic (exact) mass is 363 g/mol. The van der Waals surface area contributed by atoms with Gasteiger partial charge in [-0.25, -0.2) is 9.97 Å². The van der Waals surface area contributed by atoms with Gasteiger partial charge in [-0.2, -0.15) is 0 Å². The number of benzene rings is 1. The number of hydrogen-bond acceptors (Lipinski definition) is 4. The number of nitrogens with zero attached hydrogens (tertiary/aromatic N) is 4. The van der Waals surface area contributed by atoms with Crippen molar-refractivity contribution in [3.63, 3.8) is 0 Å². The van der Waals surface area contributed by atoms with Gasteiger partial charge in [0, 0.05) is 23.3 Å². The molecule has 0 bridgehead atoms. The Kier molecular flexibility index (Phi) is 4.14. The van der Waals surface area contributed by atoms with Crippen LogP contribution in [-0.4, -0.2) is 25.0 Å². The summed E-state index contributed by atoms with van der Waals surface area (Å²) in [6.45, 7) is 1.78. The van der Waals surface area contributed by atoms with Crippen LogP contribution in [0.3, 0.4) is 0 Å². The van der Waals surface area contributed by atoms with Crippen molar-refractivity contribution in [1.82, 2.24) is 19.1 Å². The highest BCUT2D eigenvalue weighted by atomic mass is 32.1. The van der Waals surface area contributed by atoms with Gasteiger partial charge in [-0.05, 0) is 19.1 Å². The number of rotatable bonds is 5. The molecule has 26 heavy (non-hydrogen) atoms. The Labute approximate surface area is 154 Å². The summed E-state index contributed by atoms with van der Waals surface area (Å²) in [4.78, 5) is 20.8. The van der Waals surface area contributed by atoms with Crippen LogP contribution in [0.25, 0.3) is 27.8 Å². The Bertz CT molecular complexity index is 1030. The zero-order valence-electron chi connectivity index (χ0n) is 14.1. The van der Waals surface area contributed by atoms with Gasteiger partial charge in [0.05, 0.1) is 23.4 Å². The summed E-state index contributed by atoms with van der Waals surface area (Å²) >= 11 is 1.54. The second-order valence-corrected chi connectivity index (χ2v) is 6.74. The number of amides is 1. The number of imidazole rings is 1. The van der Waals surface area contributed by atoms with Crippen LogP contribution in [0.1, 0.15) is 13.0 Å². The van der Waals surface area contributed by atoms with Crippen LogP contribution in [0.4, 0.5) is 0 Å². The smallest absolute Gasteiger partial charge is 0.240 e. The molecule has 0 fully saturated rings. The molecular weight excluding hydrogens is 346 g/mol. The maximum Gasteiger partial charge on any atom is 0.240 e. The van der Waals surface area contributed by atoms with Crippen molar-refractivity contribution in [2.24, 2.45) is 5.73 Å². The lowest BCUT2D eigenvalue weighted by Gasteiger charge is -2.16. The first-order valence-corrected chi connectivity index (χ1v) is 9.04. The summed E-state index contributed by atoms with van der Waals surface area (Å²) in [5.74, 6) is -0.407. The number of thiazole rings is 1. The fraction of sp³-hybridized carbons (Fsp3) is 0.105. The van der Waals surface area contributed by atoms with E-state index in [0.29, 0.717) is 0 Å². The van der Waals surface area contributed by atoms with E-state index in [1.807, 2.05) is 63.2 Å². The normalized spacial score (nSPS) is 12.2. The average molecular weight is 363 g/mol. The standard InChI is InChI=1S/C19H17N5OS/c1-13(18(20)25)24-12-22-16(14-6-3-2-4-7-14)17(24)15-8-5-10-23(15)19-21-9-11-26-19/h2-13H,1H3,(H2,20,25)/t13-/m0/s1. The van der Waals surface area contributed by atoms with Crippen molar-refractivity contribution in [1.29, 1.82) is 0 Å². The molecule has 0 aliphatic heterocycles. The maximum absolute atomic E-state index is 11.8. The van der Waals surface area contributed by atoms with Crippen molar-refractivity contribution in [3.8, 4) is 27.8 Å². The minimum Gasteiger partial charge on any atom is -0.368 e. The third-order valence-corrected chi connectivity index (χ3v) is 5.06. The zero-order chi connectivity index (χ0) is 18.1. The molecular formula is C19H17N5OS. The Morgan fingerprint density at radius 3 is 2.65 bits per heavy atom. The maximum atomic E-state index is 11.8. The van der Waals surface area contributed by atoms with Crippen LogP contribution >= 0.6 is 11.3 Å². The number of carbonyl (C=O) groups excluding carboxylic acids is 1. The van der Waals surface area contributed by atoms with Crippen LogP contribution in [0, 0.1) is 0 Å². The summed E-state index contributed by atoms with van der Waals surface area (Å²) in [6.07, 6.45) is 5.40. The van der Waals surface area contributed by atoms with Crippen LogP contribution in [0.2, 0.25) is 0 Å². The Morgan fingerprint density at radius 1 is 1.15 bits per heavy atom. The van der Waals surface area contributed by atoms with E-state index in [1.165, 1.54) is 0 Å². The summed E-state index contributed by atoms with van der Waals surface area (Å²) in [5, 5.41) is 2.78. The van der Waals surface area contributed by atoms with Gasteiger partial charge >= 0.3 is 0 Å². The average Bonchev–Trinajstić information content (AvgIpc) is 3.39. The quantitative estimate of drug-likeness (QED) is 0.589. The molecule has 0 saturated carbocycles. The van der Waals surface area contributed by atoms with E-state index in [9.17, 15) is 4.79 Å². The summed E-state index contributed by atoms with van der Waals surface area (Å²) < 4.78 is 3.82. The van der Waals surface area contributed by atoms with Gasteiger partial charge in [0.1, 0.15) is 6.04 Å². The molecule has 2 N–H and O–H groups in total. The second kappa shape index (κ2) is 6.61. The van der Waals surface area contributed by atoms with Crippen LogP contribution in [-0.2, 0) is 4.79 Å². The SMILES string of the molecule is C[C@@H](C(N)=O)n1cnc(-c2ccccc2)c1-c1cccn1-c1nccs1. The Balaban J connectivity index is 1.96. The number of primary amides is 1. The van der Waals surface area contributed by atoms with E-state index in [-0.39, 0.29) is 0 Å². The lowest BCUT2D eigenvalue weighted by atomic mass is 10.1. The number of hydrogen-bond donors (Lipinski definition) is 1. The zero-order valence-corrected chi connectivity index (χ0v) is 14.9. The van der Waals surface area contributed by atoms with E-state index in [0.717, 1.165) is 27.8 Å². The third kappa shape index (κ3) is 2.72. The van der Waals surface area contributed by atoms with E-state index in [2.05, 4.69) is 9.97 Å². The van der Waals surface area contributed by atoms with Gasteiger partial charge in [-0.3, -0.25) is 9.36 Å². The molecule has 0 aliphatic rings. The van der Waals surface area contributed by atoms with E-state index >= 15 is 0 Å². The van der Waals surface area contributed by atoms with Gasteiger partial charge < -0.3 is 10.3 Å². The fourth-order valence-corrected chi connectivity index (χ4v) is 3.57. The van der Waals surface area contributed by atoms with Gasteiger partial charge in [-0.15, -0.1) is 11.3 Å². The number of aromatic nitrogens is 4. The topological polar surface area (TPSA) is 78.7 Å². The predicted molar refractivity (Wildman–Crippen MR) is 102 cm³/mol. The highest BCUT2D eigenvalue weighted by Gasteiger charge is 2.23. The minimum absolute atomic E-state index is 0.407. The van der Waals surface area contributed by atoms with Crippen molar-refractivity contribution in [2.75, 3.05) is 0 Å². The molecule has 1 aromatic carbocycles. The van der Waals surface area contributed by atoms with E-state index in [1.54, 1.807) is 30.8 Å². The molecule has 1 amide bonds. The predicted octanol–water partition coefficient (Wildman–Crippen LogP) is 3.51. The highest BCUT2D eigenvalue weighted by molar-refractivity contribution is 7.12. The molecule has 0 unspecified atom stereocenters. The molecule has 3 aromatic heterocycles. The number of nitrogens with two attached hydrogens (primary N) is 1. The molecule has 0 spiro atoms. The molecule has 7 heteroatoms. The molecule has 3 heterocycles. The molecule has 0 radical (unpaired) electrons. The number of carbonyl (C=O) groups is 1. The van der Waals surface area contributed by atoms with Crippen LogP contribution in [0.5, 0.6) is 0 Å². The van der Waals surface area contributed by atoms with Gasteiger partial charge in [-0.1, -0.05) is 30.3 Å². The van der Waals surface area contributed by atoms with Crippen molar-refractivity contribution in [2.45, 2.75) is 13.0 Å². The van der Waals surface area contributed by atoms with Gasteiger partial charge in [0.2, 0.25) is 5.91 Å². The summed E-state index contributed by atoms with van der Waals surface area (Å²) in [6, 6.07) is 13.3. The van der Waals surface area contributed by atoms with Crippen molar-refractivity contribution >= 4 is 17.2 Å². The first-order chi connectivity index (χ1) is 12.7. The van der Waals surface area contributed by atoms with E-state index in [4.69, 9.17) is 5.73 Å². The second-order valence-electron chi connectivity index (χ2n) is 5.87. The molecule has 0 aliphatic carbocycles. The molecule has 4 aromatic rings. The Hall–Kier alpha value is -3.19. The molecule has 130 valence electrons. The Morgan fingerprint density at radius 2 is 1.96 bits per heavy atom. The largest absolute Gasteiger partial charge is 0.368 e. The fourth-order valence-electron chi connectivity index (χ4n) is 2.93. The highest BCUT2D eigenvalue weighted by Crippen LogP contribution is 2.35. The first kappa shape index (κ1) is 16.3. The van der Waals surface area contributed by atoms with Gasteiger partial charge in [0.15, 0.2) is 5.13 Å². The first-order valence-electron chi connectivity index (χ1n) is 8.16.